The molecule has 23 heavy (non-hydrogen) atoms. The first-order valence-electron chi connectivity index (χ1n) is 6.98. The van der Waals surface area contributed by atoms with Crippen LogP contribution in [0.4, 0.5) is 23.7 Å². The lowest BCUT2D eigenvalue weighted by Gasteiger charge is -2.36. The SMILES string of the molecule is CC(=O)c1ccc2c(c1)C(C#CC1CC1)(C(F)(F)F)OC(=O)N2. The van der Waals surface area contributed by atoms with E-state index in [1.165, 1.54) is 19.1 Å². The molecule has 0 radical (unpaired) electrons. The quantitative estimate of drug-likeness (QED) is 0.634. The summed E-state index contributed by atoms with van der Waals surface area (Å²) in [5, 5.41) is 2.22. The average Bonchev–Trinajstić information content (AvgIpc) is 3.26. The van der Waals surface area contributed by atoms with Gasteiger partial charge in [-0.15, -0.1) is 0 Å². The van der Waals surface area contributed by atoms with Gasteiger partial charge in [0.2, 0.25) is 0 Å². The number of cyclic esters (lactones) is 1. The van der Waals surface area contributed by atoms with Crippen molar-refractivity contribution in [1.29, 1.82) is 0 Å². The van der Waals surface area contributed by atoms with Gasteiger partial charge in [-0.05, 0) is 43.9 Å². The summed E-state index contributed by atoms with van der Waals surface area (Å²) in [5.41, 5.74) is -3.40. The first-order valence-corrected chi connectivity index (χ1v) is 6.98. The molecule has 4 nitrogen and oxygen atoms in total. The molecule has 1 aliphatic carbocycles. The van der Waals surface area contributed by atoms with Crippen molar-refractivity contribution in [3.8, 4) is 11.8 Å². The zero-order chi connectivity index (χ0) is 16.8. The number of hydrogen-bond acceptors (Lipinski definition) is 3. The topological polar surface area (TPSA) is 55.4 Å². The number of carbonyl (C=O) groups excluding carboxylic acids is 2. The van der Waals surface area contributed by atoms with Crippen LogP contribution in [0.5, 0.6) is 0 Å². The number of anilines is 1. The summed E-state index contributed by atoms with van der Waals surface area (Å²) in [5.74, 6) is 4.14. The molecule has 1 N–H and O–H groups in total. The standard InChI is InChI=1S/C16H12F3NO3/c1-9(21)11-4-5-13-12(8-11)15(16(17,18)19,23-14(22)20-13)7-6-10-2-3-10/h4-5,8,10H,2-3H2,1H3,(H,20,22). The molecule has 0 aromatic heterocycles. The molecule has 1 fully saturated rings. The van der Waals surface area contributed by atoms with Gasteiger partial charge in [-0.1, -0.05) is 5.92 Å². The summed E-state index contributed by atoms with van der Waals surface area (Å²) >= 11 is 0. The number of halogens is 3. The van der Waals surface area contributed by atoms with Gasteiger partial charge in [0.25, 0.3) is 5.60 Å². The predicted octanol–water partition coefficient (Wildman–Crippen LogP) is 3.62. The zero-order valence-electron chi connectivity index (χ0n) is 12.1. The van der Waals surface area contributed by atoms with Crippen molar-refractivity contribution in [2.24, 2.45) is 5.92 Å². The van der Waals surface area contributed by atoms with Crippen LogP contribution in [0.3, 0.4) is 0 Å². The molecule has 1 unspecified atom stereocenters. The molecule has 1 amide bonds. The van der Waals surface area contributed by atoms with E-state index in [1.807, 2.05) is 0 Å². The number of fused-ring (bicyclic) bond motifs is 1. The molecule has 7 heteroatoms. The maximum Gasteiger partial charge on any atom is 0.445 e. The molecule has 120 valence electrons. The number of alkyl halides is 3. The third-order valence-corrected chi connectivity index (χ3v) is 3.72. The lowest BCUT2D eigenvalue weighted by Crippen LogP contribution is -2.49. The van der Waals surface area contributed by atoms with E-state index in [0.717, 1.165) is 18.9 Å². The second-order valence-corrected chi connectivity index (χ2v) is 5.55. The van der Waals surface area contributed by atoms with E-state index in [4.69, 9.17) is 0 Å². The van der Waals surface area contributed by atoms with Crippen molar-refractivity contribution < 1.29 is 27.5 Å². The van der Waals surface area contributed by atoms with Crippen molar-refractivity contribution in [3.63, 3.8) is 0 Å². The average molecular weight is 323 g/mol. The van der Waals surface area contributed by atoms with Crippen molar-refractivity contribution >= 4 is 17.6 Å². The van der Waals surface area contributed by atoms with Crippen molar-refractivity contribution in [3.05, 3.63) is 29.3 Å². The number of ketones is 1. The minimum atomic E-state index is -4.93. The summed E-state index contributed by atoms with van der Waals surface area (Å²) < 4.78 is 45.9. The Balaban J connectivity index is 2.23. The molecule has 1 aromatic rings. The van der Waals surface area contributed by atoms with Crippen LogP contribution in [0.15, 0.2) is 18.2 Å². The van der Waals surface area contributed by atoms with Gasteiger partial charge < -0.3 is 4.74 Å². The van der Waals surface area contributed by atoms with Crippen molar-refractivity contribution in [1.82, 2.24) is 0 Å². The second-order valence-electron chi connectivity index (χ2n) is 5.55. The maximum absolute atomic E-state index is 13.8. The molecule has 0 bridgehead atoms. The molecule has 1 heterocycles. The van der Waals surface area contributed by atoms with Crippen molar-refractivity contribution in [2.45, 2.75) is 31.5 Å². The van der Waals surface area contributed by atoms with E-state index in [9.17, 15) is 22.8 Å². The van der Waals surface area contributed by atoms with Crippen LogP contribution >= 0.6 is 0 Å². The normalized spacial score (nSPS) is 23.0. The Labute approximate surface area is 130 Å². The number of carbonyl (C=O) groups is 2. The minimum Gasteiger partial charge on any atom is -0.415 e. The molecule has 1 aromatic carbocycles. The fraction of sp³-hybridized carbons (Fsp3) is 0.375. The highest BCUT2D eigenvalue weighted by atomic mass is 19.4. The first-order chi connectivity index (χ1) is 10.7. The lowest BCUT2D eigenvalue weighted by atomic mass is 9.88. The predicted molar refractivity (Wildman–Crippen MR) is 74.8 cm³/mol. The zero-order valence-corrected chi connectivity index (χ0v) is 12.1. The maximum atomic E-state index is 13.8. The molecule has 0 spiro atoms. The number of ether oxygens (including phenoxy) is 1. The molecule has 1 aliphatic heterocycles. The number of nitrogens with one attached hydrogen (secondary N) is 1. The van der Waals surface area contributed by atoms with Crippen LogP contribution in [0.1, 0.15) is 35.7 Å². The largest absolute Gasteiger partial charge is 0.445 e. The van der Waals surface area contributed by atoms with Gasteiger partial charge in [-0.3, -0.25) is 10.1 Å². The van der Waals surface area contributed by atoms with Gasteiger partial charge in [-0.25, -0.2) is 4.79 Å². The summed E-state index contributed by atoms with van der Waals surface area (Å²) in [6, 6.07) is 3.68. The third-order valence-electron chi connectivity index (χ3n) is 3.72. The number of benzene rings is 1. The smallest absolute Gasteiger partial charge is 0.415 e. The summed E-state index contributed by atoms with van der Waals surface area (Å²) in [6.45, 7) is 1.25. The van der Waals surface area contributed by atoms with Crippen LogP contribution in [-0.4, -0.2) is 18.1 Å². The van der Waals surface area contributed by atoms with Crippen LogP contribution in [0.25, 0.3) is 0 Å². The van der Waals surface area contributed by atoms with Crippen LogP contribution in [-0.2, 0) is 10.3 Å². The lowest BCUT2D eigenvalue weighted by molar-refractivity contribution is -0.239. The van der Waals surface area contributed by atoms with Gasteiger partial charge in [0.15, 0.2) is 5.78 Å². The fourth-order valence-electron chi connectivity index (χ4n) is 2.30. The molecule has 3 rings (SSSR count). The van der Waals surface area contributed by atoms with Crippen LogP contribution < -0.4 is 5.32 Å². The Kier molecular flexibility index (Phi) is 3.36. The molecule has 0 saturated heterocycles. The number of hydrogen-bond donors (Lipinski definition) is 1. The van der Waals surface area contributed by atoms with E-state index in [0.29, 0.717) is 0 Å². The molecule has 1 saturated carbocycles. The minimum absolute atomic E-state index is 0.0614. The van der Waals surface area contributed by atoms with Gasteiger partial charge in [0.1, 0.15) is 0 Å². The van der Waals surface area contributed by atoms with Crippen LogP contribution in [0, 0.1) is 17.8 Å². The molecule has 1 atom stereocenters. The Morgan fingerprint density at radius 1 is 1.39 bits per heavy atom. The molecular weight excluding hydrogens is 311 g/mol. The number of amides is 1. The van der Waals surface area contributed by atoms with E-state index in [1.54, 1.807) is 0 Å². The van der Waals surface area contributed by atoms with Crippen molar-refractivity contribution in [2.75, 3.05) is 5.32 Å². The summed E-state index contributed by atoms with van der Waals surface area (Å²) in [4.78, 5) is 23.1. The highest BCUT2D eigenvalue weighted by molar-refractivity contribution is 5.96. The van der Waals surface area contributed by atoms with Gasteiger partial charge in [0.05, 0.1) is 5.69 Å². The Morgan fingerprint density at radius 3 is 2.65 bits per heavy atom. The monoisotopic (exact) mass is 323 g/mol. The second kappa shape index (κ2) is 5.01. The Bertz CT molecular complexity index is 756. The third kappa shape index (κ3) is 2.65. The molecule has 2 aliphatic rings. The summed E-state index contributed by atoms with van der Waals surface area (Å²) in [7, 11) is 0. The summed E-state index contributed by atoms with van der Waals surface area (Å²) in [6.07, 6.45) is -4.70. The van der Waals surface area contributed by atoms with Gasteiger partial charge in [-0.2, -0.15) is 13.2 Å². The first kappa shape index (κ1) is 15.4. The molecular formula is C16H12F3NO3. The highest BCUT2D eigenvalue weighted by Gasteiger charge is 2.62. The van der Waals surface area contributed by atoms with E-state index >= 15 is 0 Å². The van der Waals surface area contributed by atoms with Crippen LogP contribution in [0.2, 0.25) is 0 Å². The Morgan fingerprint density at radius 2 is 2.09 bits per heavy atom. The van der Waals surface area contributed by atoms with Gasteiger partial charge in [0, 0.05) is 17.0 Å². The highest BCUT2D eigenvalue weighted by Crippen LogP contribution is 2.47. The van der Waals surface area contributed by atoms with E-state index in [-0.39, 0.29) is 22.7 Å². The fourth-order valence-corrected chi connectivity index (χ4v) is 2.30. The Hall–Kier alpha value is -2.49. The number of Topliss-reactive ketones (excluding diaryl/α,β-unsaturated/α-hetero) is 1. The number of rotatable bonds is 1. The van der Waals surface area contributed by atoms with E-state index < -0.39 is 23.7 Å². The van der Waals surface area contributed by atoms with Gasteiger partial charge >= 0.3 is 12.3 Å². The van der Waals surface area contributed by atoms with E-state index in [2.05, 4.69) is 21.9 Å².